The van der Waals surface area contributed by atoms with E-state index in [-0.39, 0.29) is 24.4 Å². The second kappa shape index (κ2) is 14.7. The van der Waals surface area contributed by atoms with E-state index < -0.39 is 0 Å². The summed E-state index contributed by atoms with van der Waals surface area (Å²) in [7, 11) is 0. The fraction of sp³-hybridized carbons (Fsp3) is 0.294. The van der Waals surface area contributed by atoms with Gasteiger partial charge in [0.1, 0.15) is 12.2 Å². The van der Waals surface area contributed by atoms with Crippen LogP contribution < -0.4 is 5.32 Å². The topological polar surface area (TPSA) is 49.0 Å². The first-order chi connectivity index (χ1) is 19.3. The van der Waals surface area contributed by atoms with Gasteiger partial charge in [-0.15, -0.1) is 0 Å². The Labute approximate surface area is 231 Å². The molecule has 0 saturated carbocycles. The van der Waals surface area contributed by atoms with E-state index in [2.05, 4.69) is 53.8 Å². The Morgan fingerprint density at radius 1 is 0.487 bits per heavy atom. The summed E-state index contributed by atoms with van der Waals surface area (Å²) >= 11 is 0. The summed E-state index contributed by atoms with van der Waals surface area (Å²) in [4.78, 5) is 0. The zero-order valence-electron chi connectivity index (χ0n) is 22.2. The van der Waals surface area contributed by atoms with Crippen LogP contribution in [-0.2, 0) is 45.4 Å². The van der Waals surface area contributed by atoms with Crippen LogP contribution in [0.25, 0.3) is 0 Å². The van der Waals surface area contributed by atoms with Crippen LogP contribution in [-0.4, -0.2) is 37.5 Å². The Kier molecular flexibility index (Phi) is 10.3. The van der Waals surface area contributed by atoms with E-state index in [9.17, 15) is 0 Å². The highest BCUT2D eigenvalue weighted by Gasteiger charge is 2.42. The van der Waals surface area contributed by atoms with Gasteiger partial charge in [-0.05, 0) is 22.3 Å². The van der Waals surface area contributed by atoms with E-state index in [4.69, 9.17) is 18.9 Å². The standard InChI is InChI=1S/C34H37NO4/c1-5-13-27(14-6-1)22-36-26-31-33(38-24-29-17-9-3-10-18-29)34(39-25-30-19-11-4-12-20-30)32(21-35-31)37-23-28-15-7-2-8-16-28/h1-20,31-35H,21-26H2/t31-,32+,33+,34+/m0/s1. The molecule has 0 radical (unpaired) electrons. The maximum Gasteiger partial charge on any atom is 0.113 e. The van der Waals surface area contributed by atoms with Gasteiger partial charge >= 0.3 is 0 Å². The van der Waals surface area contributed by atoms with Gasteiger partial charge in [-0.25, -0.2) is 0 Å². The second-order valence-electron chi connectivity index (χ2n) is 9.87. The Hall–Kier alpha value is -3.32. The lowest BCUT2D eigenvalue weighted by atomic mass is 9.95. The van der Waals surface area contributed by atoms with Crippen molar-refractivity contribution in [3.63, 3.8) is 0 Å². The van der Waals surface area contributed by atoms with Crippen molar-refractivity contribution in [3.05, 3.63) is 144 Å². The van der Waals surface area contributed by atoms with Gasteiger partial charge in [0, 0.05) is 6.54 Å². The highest BCUT2D eigenvalue weighted by molar-refractivity contribution is 5.16. The Morgan fingerprint density at radius 2 is 0.897 bits per heavy atom. The van der Waals surface area contributed by atoms with E-state index in [0.717, 1.165) is 22.3 Å². The van der Waals surface area contributed by atoms with Gasteiger partial charge in [0.05, 0.1) is 45.2 Å². The molecule has 1 heterocycles. The molecule has 0 unspecified atom stereocenters. The van der Waals surface area contributed by atoms with E-state index in [1.54, 1.807) is 0 Å². The summed E-state index contributed by atoms with van der Waals surface area (Å²) in [6, 6.07) is 41.0. The largest absolute Gasteiger partial charge is 0.375 e. The average molecular weight is 524 g/mol. The van der Waals surface area contributed by atoms with E-state index in [0.29, 0.717) is 39.6 Å². The third-order valence-electron chi connectivity index (χ3n) is 6.95. The SMILES string of the molecule is c1ccc(COC[C@@H]2NC[C@@H](OCc3ccccc3)[C@@H](OCc3ccccc3)[C@@H]2OCc2ccccc2)cc1. The van der Waals surface area contributed by atoms with Crippen LogP contribution in [0.2, 0.25) is 0 Å². The minimum absolute atomic E-state index is 0.0465. The number of hydrogen-bond donors (Lipinski definition) is 1. The van der Waals surface area contributed by atoms with Crippen molar-refractivity contribution in [2.24, 2.45) is 0 Å². The van der Waals surface area contributed by atoms with Crippen molar-refractivity contribution < 1.29 is 18.9 Å². The van der Waals surface area contributed by atoms with Crippen LogP contribution >= 0.6 is 0 Å². The average Bonchev–Trinajstić information content (AvgIpc) is 3.00. The molecule has 5 rings (SSSR count). The smallest absolute Gasteiger partial charge is 0.113 e. The summed E-state index contributed by atoms with van der Waals surface area (Å²) in [5.41, 5.74) is 4.53. The predicted molar refractivity (Wildman–Crippen MR) is 153 cm³/mol. The van der Waals surface area contributed by atoms with Gasteiger partial charge in [-0.1, -0.05) is 121 Å². The van der Waals surface area contributed by atoms with Crippen LogP contribution in [0.5, 0.6) is 0 Å². The van der Waals surface area contributed by atoms with Gasteiger partial charge in [-0.2, -0.15) is 0 Å². The molecular formula is C34H37NO4. The first-order valence-corrected chi connectivity index (χ1v) is 13.7. The molecule has 39 heavy (non-hydrogen) atoms. The van der Waals surface area contributed by atoms with Crippen molar-refractivity contribution in [2.45, 2.75) is 50.8 Å². The lowest BCUT2D eigenvalue weighted by Crippen LogP contribution is -2.63. The quantitative estimate of drug-likeness (QED) is 0.235. The summed E-state index contributed by atoms with van der Waals surface area (Å²) in [5, 5.41) is 3.65. The van der Waals surface area contributed by atoms with Crippen LogP contribution in [0.1, 0.15) is 22.3 Å². The second-order valence-corrected chi connectivity index (χ2v) is 9.87. The Bertz CT molecular complexity index is 1210. The van der Waals surface area contributed by atoms with Gasteiger partial charge in [0.15, 0.2) is 0 Å². The maximum atomic E-state index is 6.62. The minimum atomic E-state index is -0.274. The minimum Gasteiger partial charge on any atom is -0.375 e. The van der Waals surface area contributed by atoms with Crippen LogP contribution in [0.15, 0.2) is 121 Å². The maximum absolute atomic E-state index is 6.62. The molecule has 0 aliphatic carbocycles. The third-order valence-corrected chi connectivity index (χ3v) is 6.95. The molecule has 4 aromatic rings. The molecule has 1 aliphatic rings. The third kappa shape index (κ3) is 8.33. The molecule has 1 saturated heterocycles. The first-order valence-electron chi connectivity index (χ1n) is 13.7. The number of nitrogens with one attached hydrogen (secondary N) is 1. The van der Waals surface area contributed by atoms with Gasteiger partial charge in [-0.3, -0.25) is 0 Å². The van der Waals surface area contributed by atoms with E-state index in [1.807, 2.05) is 72.8 Å². The van der Waals surface area contributed by atoms with Crippen molar-refractivity contribution in [3.8, 4) is 0 Å². The summed E-state index contributed by atoms with van der Waals surface area (Å²) in [6.07, 6.45) is -0.719. The summed E-state index contributed by atoms with van der Waals surface area (Å²) in [5.74, 6) is 0. The normalized spacial score (nSPS) is 21.0. The molecule has 4 atom stereocenters. The molecular weight excluding hydrogens is 486 g/mol. The highest BCUT2D eigenvalue weighted by Crippen LogP contribution is 2.24. The molecule has 4 aromatic carbocycles. The lowest BCUT2D eigenvalue weighted by molar-refractivity contribution is -0.181. The Balaban J connectivity index is 1.32. The molecule has 0 bridgehead atoms. The van der Waals surface area contributed by atoms with E-state index >= 15 is 0 Å². The van der Waals surface area contributed by atoms with Crippen LogP contribution in [0.4, 0.5) is 0 Å². The highest BCUT2D eigenvalue weighted by atomic mass is 16.6. The van der Waals surface area contributed by atoms with Gasteiger partial charge in [0.2, 0.25) is 0 Å². The van der Waals surface area contributed by atoms with Crippen LogP contribution in [0, 0.1) is 0 Å². The number of hydrogen-bond acceptors (Lipinski definition) is 5. The molecule has 1 aliphatic heterocycles. The molecule has 5 heteroatoms. The van der Waals surface area contributed by atoms with Crippen molar-refractivity contribution in [2.75, 3.05) is 13.2 Å². The molecule has 0 amide bonds. The molecule has 5 nitrogen and oxygen atoms in total. The van der Waals surface area contributed by atoms with E-state index in [1.165, 1.54) is 0 Å². The summed E-state index contributed by atoms with van der Waals surface area (Å²) < 4.78 is 25.9. The zero-order valence-corrected chi connectivity index (χ0v) is 22.2. The fourth-order valence-electron chi connectivity index (χ4n) is 4.85. The first kappa shape index (κ1) is 27.3. The number of piperidine rings is 1. The number of rotatable bonds is 13. The van der Waals surface area contributed by atoms with Crippen molar-refractivity contribution in [1.82, 2.24) is 5.32 Å². The number of ether oxygens (including phenoxy) is 4. The molecule has 202 valence electrons. The lowest BCUT2D eigenvalue weighted by Gasteiger charge is -2.43. The number of benzene rings is 4. The summed E-state index contributed by atoms with van der Waals surface area (Å²) in [6.45, 7) is 3.19. The van der Waals surface area contributed by atoms with Crippen molar-refractivity contribution in [1.29, 1.82) is 0 Å². The predicted octanol–water partition coefficient (Wildman–Crippen LogP) is 5.93. The van der Waals surface area contributed by atoms with Crippen molar-refractivity contribution >= 4 is 0 Å². The zero-order chi connectivity index (χ0) is 26.5. The Morgan fingerprint density at radius 3 is 1.38 bits per heavy atom. The fourth-order valence-corrected chi connectivity index (χ4v) is 4.85. The van der Waals surface area contributed by atoms with Crippen LogP contribution in [0.3, 0.4) is 0 Å². The molecule has 1 fully saturated rings. The van der Waals surface area contributed by atoms with Gasteiger partial charge < -0.3 is 24.3 Å². The monoisotopic (exact) mass is 523 g/mol. The van der Waals surface area contributed by atoms with Gasteiger partial charge in [0.25, 0.3) is 0 Å². The molecule has 0 spiro atoms. The molecule has 0 aromatic heterocycles. The molecule has 1 N–H and O–H groups in total.